The number of hydrogen-bond donors (Lipinski definition) is 0. The van der Waals surface area contributed by atoms with E-state index in [4.69, 9.17) is 4.74 Å². The third-order valence-electron chi connectivity index (χ3n) is 6.92. The molecule has 1 aliphatic carbocycles. The molecule has 204 valence electrons. The number of fused-ring (bicyclic) bond motifs is 3. The Bertz CT molecular complexity index is 1740. The Morgan fingerprint density at radius 2 is 1.24 bits per heavy atom. The fraction of sp³-hybridized carbons (Fsp3) is 0.0741. The number of nitro groups is 4. The Kier molecular flexibility index (Phi) is 6.64. The molecule has 1 unspecified atom stereocenters. The summed E-state index contributed by atoms with van der Waals surface area (Å²) in [5.41, 5.74) is -2.06. The highest BCUT2D eigenvalue weighted by atomic mass is 16.6. The van der Waals surface area contributed by atoms with E-state index in [1.165, 1.54) is 0 Å². The Morgan fingerprint density at radius 1 is 0.659 bits per heavy atom. The summed E-state index contributed by atoms with van der Waals surface area (Å²) < 4.78 is 5.46. The van der Waals surface area contributed by atoms with Gasteiger partial charge in [-0.3, -0.25) is 45.3 Å². The van der Waals surface area contributed by atoms with Crippen molar-refractivity contribution in [3.8, 4) is 22.3 Å². The van der Waals surface area contributed by atoms with Gasteiger partial charge in [-0.25, -0.2) is 0 Å². The number of hydrogen-bond acceptors (Lipinski definition) is 10. The summed E-state index contributed by atoms with van der Waals surface area (Å²) in [5, 5.41) is 47.8. The van der Waals surface area contributed by atoms with Crippen molar-refractivity contribution >= 4 is 29.2 Å². The zero-order valence-corrected chi connectivity index (χ0v) is 20.6. The van der Waals surface area contributed by atoms with E-state index >= 15 is 0 Å². The van der Waals surface area contributed by atoms with Gasteiger partial charge in [0.25, 0.3) is 29.2 Å². The van der Waals surface area contributed by atoms with Gasteiger partial charge in [-0.15, -0.1) is 0 Å². The molecule has 0 N–H and O–H groups in total. The van der Waals surface area contributed by atoms with Crippen molar-refractivity contribution in [2.75, 3.05) is 0 Å². The number of carbonyl (C=O) groups excluding carboxylic acids is 1. The highest BCUT2D eigenvalue weighted by molar-refractivity contribution is 5.90. The Labute approximate surface area is 229 Å². The monoisotopic (exact) mass is 556 g/mol. The fourth-order valence-corrected chi connectivity index (χ4v) is 5.35. The van der Waals surface area contributed by atoms with Gasteiger partial charge in [0.2, 0.25) is 0 Å². The standard InChI is InChI=1S/C27H16N4O10/c32-14-41-27(24-18-7-3-1-5-16(18)17-6-2-4-8-19(17)24)21-11-12-22(29(35)36)25(26(21)31(39)40)20-10-9-15(28(33)34)13-23(20)30(37)38/h1-14,24,27H. The summed E-state index contributed by atoms with van der Waals surface area (Å²) in [4.78, 5) is 55.8. The van der Waals surface area contributed by atoms with Crippen molar-refractivity contribution in [2.24, 2.45) is 0 Å². The van der Waals surface area contributed by atoms with Crippen LogP contribution in [-0.4, -0.2) is 26.2 Å². The zero-order valence-electron chi connectivity index (χ0n) is 20.6. The quantitative estimate of drug-likeness (QED) is 0.133. The lowest BCUT2D eigenvalue weighted by Crippen LogP contribution is -2.16. The molecular formula is C27H16N4O10. The minimum Gasteiger partial charge on any atom is -0.458 e. The fourth-order valence-electron chi connectivity index (χ4n) is 5.35. The van der Waals surface area contributed by atoms with Gasteiger partial charge in [0, 0.05) is 12.1 Å². The molecule has 1 aliphatic rings. The average molecular weight is 556 g/mol. The summed E-state index contributed by atoms with van der Waals surface area (Å²) in [6.45, 7) is 0.105. The summed E-state index contributed by atoms with van der Waals surface area (Å²) in [5.74, 6) is -0.771. The predicted molar refractivity (Wildman–Crippen MR) is 142 cm³/mol. The van der Waals surface area contributed by atoms with Crippen LogP contribution in [0.5, 0.6) is 0 Å². The molecule has 0 amide bonds. The van der Waals surface area contributed by atoms with E-state index in [1.807, 2.05) is 12.1 Å². The van der Waals surface area contributed by atoms with Gasteiger partial charge >= 0.3 is 0 Å². The first-order valence-electron chi connectivity index (χ1n) is 11.8. The lowest BCUT2D eigenvalue weighted by Gasteiger charge is -2.25. The van der Waals surface area contributed by atoms with E-state index in [-0.39, 0.29) is 12.0 Å². The number of nitrogens with zero attached hydrogens (tertiary/aromatic N) is 4. The van der Waals surface area contributed by atoms with Crippen LogP contribution < -0.4 is 0 Å². The lowest BCUT2D eigenvalue weighted by atomic mass is 9.84. The van der Waals surface area contributed by atoms with E-state index in [0.29, 0.717) is 17.2 Å². The topological polar surface area (TPSA) is 199 Å². The first-order chi connectivity index (χ1) is 19.6. The number of carbonyl (C=O) groups is 1. The molecule has 0 spiro atoms. The number of benzene rings is 4. The van der Waals surface area contributed by atoms with Crippen LogP contribution in [-0.2, 0) is 9.53 Å². The largest absolute Gasteiger partial charge is 0.458 e. The normalized spacial score (nSPS) is 12.6. The molecular weight excluding hydrogens is 540 g/mol. The minimum atomic E-state index is -1.38. The van der Waals surface area contributed by atoms with Crippen molar-refractivity contribution < 1.29 is 29.2 Å². The number of nitro benzene ring substituents is 4. The first-order valence-corrected chi connectivity index (χ1v) is 11.8. The molecule has 0 bridgehead atoms. The molecule has 14 nitrogen and oxygen atoms in total. The van der Waals surface area contributed by atoms with Crippen molar-refractivity contribution in [1.82, 2.24) is 0 Å². The molecule has 14 heteroatoms. The van der Waals surface area contributed by atoms with Crippen molar-refractivity contribution in [3.63, 3.8) is 0 Å². The predicted octanol–water partition coefficient (Wildman–Crippen LogP) is 6.01. The van der Waals surface area contributed by atoms with Crippen molar-refractivity contribution in [3.05, 3.63) is 136 Å². The first kappa shape index (κ1) is 26.6. The van der Waals surface area contributed by atoms with E-state index in [2.05, 4.69) is 0 Å². The Balaban J connectivity index is 1.85. The second-order valence-electron chi connectivity index (χ2n) is 8.93. The van der Waals surface area contributed by atoms with Crippen LogP contribution in [0.15, 0.2) is 78.9 Å². The Morgan fingerprint density at radius 3 is 1.76 bits per heavy atom. The molecule has 5 rings (SSSR count). The minimum absolute atomic E-state index is 0.105. The third kappa shape index (κ3) is 4.38. The van der Waals surface area contributed by atoms with Crippen LogP contribution in [0, 0.1) is 40.5 Å². The smallest absolute Gasteiger partial charge is 0.293 e. The second-order valence-corrected chi connectivity index (χ2v) is 8.93. The van der Waals surface area contributed by atoms with Crippen LogP contribution in [0.4, 0.5) is 22.7 Å². The summed E-state index contributed by atoms with van der Waals surface area (Å²) in [6.07, 6.45) is -1.38. The zero-order chi connectivity index (χ0) is 29.4. The molecule has 0 fully saturated rings. The molecule has 0 aliphatic heterocycles. The summed E-state index contributed by atoms with van der Waals surface area (Å²) >= 11 is 0. The molecule has 0 saturated heterocycles. The molecule has 4 aromatic rings. The van der Waals surface area contributed by atoms with Crippen LogP contribution in [0.1, 0.15) is 28.7 Å². The van der Waals surface area contributed by atoms with Crippen LogP contribution in [0.25, 0.3) is 22.3 Å². The molecule has 0 heterocycles. The lowest BCUT2D eigenvalue weighted by molar-refractivity contribution is -0.396. The number of rotatable bonds is 9. The Hall–Kier alpha value is -6.05. The van der Waals surface area contributed by atoms with Crippen molar-refractivity contribution in [2.45, 2.75) is 12.0 Å². The average Bonchev–Trinajstić information content (AvgIpc) is 3.29. The number of ether oxygens (including phenoxy) is 1. The van der Waals surface area contributed by atoms with E-state index in [0.717, 1.165) is 35.4 Å². The maximum absolute atomic E-state index is 12.6. The second kappa shape index (κ2) is 10.3. The summed E-state index contributed by atoms with van der Waals surface area (Å²) in [7, 11) is 0. The van der Waals surface area contributed by atoms with Gasteiger partial charge in [0.05, 0.1) is 42.8 Å². The van der Waals surface area contributed by atoms with Crippen molar-refractivity contribution in [1.29, 1.82) is 0 Å². The van der Waals surface area contributed by atoms with Crippen LogP contribution >= 0.6 is 0 Å². The number of non-ortho nitro benzene ring substituents is 1. The highest BCUT2D eigenvalue weighted by Gasteiger charge is 2.43. The maximum atomic E-state index is 12.6. The molecule has 1 atom stereocenters. The van der Waals surface area contributed by atoms with E-state index in [1.54, 1.807) is 36.4 Å². The molecule has 41 heavy (non-hydrogen) atoms. The van der Waals surface area contributed by atoms with Gasteiger partial charge in [-0.1, -0.05) is 48.5 Å². The van der Waals surface area contributed by atoms with E-state index < -0.39 is 65.6 Å². The van der Waals surface area contributed by atoms with Gasteiger partial charge in [-0.2, -0.15) is 0 Å². The molecule has 4 aromatic carbocycles. The highest BCUT2D eigenvalue weighted by Crippen LogP contribution is 2.54. The van der Waals surface area contributed by atoms with Crippen LogP contribution in [0.3, 0.4) is 0 Å². The third-order valence-corrected chi connectivity index (χ3v) is 6.92. The van der Waals surface area contributed by atoms with Gasteiger partial charge in [0.1, 0.15) is 11.7 Å². The van der Waals surface area contributed by atoms with Crippen LogP contribution in [0.2, 0.25) is 0 Å². The maximum Gasteiger partial charge on any atom is 0.293 e. The SMILES string of the molecule is O=COC(c1ccc([N+](=O)[O-])c(-c2ccc([N+](=O)[O-])cc2[N+](=O)[O-])c1[N+](=O)[O-])C1c2ccccc2-c2ccccc21. The van der Waals surface area contributed by atoms with Gasteiger partial charge in [0.15, 0.2) is 0 Å². The molecule has 0 radical (unpaired) electrons. The van der Waals surface area contributed by atoms with E-state index in [9.17, 15) is 45.3 Å². The van der Waals surface area contributed by atoms with Gasteiger partial charge in [-0.05, 0) is 34.4 Å². The van der Waals surface area contributed by atoms with Gasteiger partial charge < -0.3 is 4.74 Å². The molecule has 0 aromatic heterocycles. The molecule has 0 saturated carbocycles. The summed E-state index contributed by atoms with van der Waals surface area (Å²) in [6, 6.07) is 18.6.